The second-order valence-electron chi connectivity index (χ2n) is 6.56. The molecule has 1 saturated heterocycles. The first-order valence-corrected chi connectivity index (χ1v) is 7.06. The van der Waals surface area contributed by atoms with Gasteiger partial charge in [-0.15, -0.1) is 12.4 Å². The Morgan fingerprint density at radius 2 is 2.14 bits per heavy atom. The number of nitrogens with one attached hydrogen (secondary N) is 1. The van der Waals surface area contributed by atoms with Gasteiger partial charge in [0.15, 0.2) is 0 Å². The number of rotatable bonds is 3. The SMILES string of the molecule is Cl.Cn1cc(N2CCC(NC(=O)[C@@H](N)C(C)(C)C)C2=O)cn1. The molecule has 0 saturated carbocycles. The van der Waals surface area contributed by atoms with E-state index >= 15 is 0 Å². The zero-order chi connectivity index (χ0) is 15.8. The fourth-order valence-corrected chi connectivity index (χ4v) is 2.27. The number of nitrogens with zero attached hydrogens (tertiary/aromatic N) is 3. The number of anilines is 1. The average molecular weight is 330 g/mol. The van der Waals surface area contributed by atoms with Crippen LogP contribution in [0.2, 0.25) is 0 Å². The number of halogens is 1. The highest BCUT2D eigenvalue weighted by atomic mass is 35.5. The van der Waals surface area contributed by atoms with E-state index in [1.807, 2.05) is 20.8 Å². The van der Waals surface area contributed by atoms with Gasteiger partial charge < -0.3 is 16.0 Å². The number of aromatic nitrogens is 2. The first kappa shape index (κ1) is 18.4. The van der Waals surface area contributed by atoms with Gasteiger partial charge in [0.25, 0.3) is 0 Å². The fourth-order valence-electron chi connectivity index (χ4n) is 2.27. The van der Waals surface area contributed by atoms with Crippen LogP contribution in [0.3, 0.4) is 0 Å². The number of hydrogen-bond donors (Lipinski definition) is 2. The number of hydrogen-bond acceptors (Lipinski definition) is 4. The van der Waals surface area contributed by atoms with Crippen LogP contribution in [0.5, 0.6) is 0 Å². The van der Waals surface area contributed by atoms with E-state index in [0.29, 0.717) is 13.0 Å². The number of carbonyl (C=O) groups excluding carboxylic acids is 2. The summed E-state index contributed by atoms with van der Waals surface area (Å²) >= 11 is 0. The molecule has 0 radical (unpaired) electrons. The van der Waals surface area contributed by atoms with Gasteiger partial charge in [0.1, 0.15) is 6.04 Å². The molecule has 1 unspecified atom stereocenters. The topological polar surface area (TPSA) is 93.2 Å². The van der Waals surface area contributed by atoms with Crippen LogP contribution < -0.4 is 16.0 Å². The fraction of sp³-hybridized carbons (Fsp3) is 0.643. The summed E-state index contributed by atoms with van der Waals surface area (Å²) in [5.74, 6) is -0.397. The van der Waals surface area contributed by atoms with E-state index in [1.165, 1.54) is 0 Å². The second-order valence-corrected chi connectivity index (χ2v) is 6.56. The van der Waals surface area contributed by atoms with Crippen LogP contribution in [0.15, 0.2) is 12.4 Å². The minimum atomic E-state index is -0.641. The van der Waals surface area contributed by atoms with Crippen molar-refractivity contribution in [3.05, 3.63) is 12.4 Å². The molecular weight excluding hydrogens is 306 g/mol. The summed E-state index contributed by atoms with van der Waals surface area (Å²) in [5.41, 5.74) is 6.33. The zero-order valence-electron chi connectivity index (χ0n) is 13.4. The lowest BCUT2D eigenvalue weighted by Crippen LogP contribution is -2.53. The molecule has 0 bridgehead atoms. The van der Waals surface area contributed by atoms with Gasteiger partial charge in [0, 0.05) is 19.8 Å². The summed E-state index contributed by atoms with van der Waals surface area (Å²) in [6, 6.07) is -1.15. The van der Waals surface area contributed by atoms with Crippen LogP contribution in [0, 0.1) is 5.41 Å². The number of aryl methyl sites for hydroxylation is 1. The van der Waals surface area contributed by atoms with Crippen LogP contribution in [-0.2, 0) is 16.6 Å². The monoisotopic (exact) mass is 329 g/mol. The van der Waals surface area contributed by atoms with E-state index < -0.39 is 12.1 Å². The molecule has 1 aliphatic heterocycles. The summed E-state index contributed by atoms with van der Waals surface area (Å²) < 4.78 is 1.64. The molecule has 7 nitrogen and oxygen atoms in total. The highest BCUT2D eigenvalue weighted by Gasteiger charge is 2.36. The summed E-state index contributed by atoms with van der Waals surface area (Å²) in [6.45, 7) is 6.27. The van der Waals surface area contributed by atoms with Gasteiger partial charge in [-0.1, -0.05) is 20.8 Å². The van der Waals surface area contributed by atoms with Gasteiger partial charge in [0.05, 0.1) is 17.9 Å². The Morgan fingerprint density at radius 3 is 2.64 bits per heavy atom. The van der Waals surface area contributed by atoms with Crippen molar-refractivity contribution in [1.29, 1.82) is 0 Å². The minimum Gasteiger partial charge on any atom is -0.343 e. The molecule has 2 heterocycles. The molecule has 8 heteroatoms. The Bertz CT molecular complexity index is 552. The molecule has 2 atom stereocenters. The molecule has 1 aliphatic rings. The molecule has 2 amide bonds. The van der Waals surface area contributed by atoms with Crippen molar-refractivity contribution in [2.45, 2.75) is 39.3 Å². The van der Waals surface area contributed by atoms with Gasteiger partial charge in [0.2, 0.25) is 11.8 Å². The van der Waals surface area contributed by atoms with Crippen LogP contribution in [0.25, 0.3) is 0 Å². The maximum atomic E-state index is 12.4. The predicted molar refractivity (Wildman–Crippen MR) is 86.8 cm³/mol. The van der Waals surface area contributed by atoms with E-state index in [-0.39, 0.29) is 29.6 Å². The number of carbonyl (C=O) groups is 2. The number of nitrogens with two attached hydrogens (primary N) is 1. The molecule has 0 aromatic carbocycles. The van der Waals surface area contributed by atoms with Crippen molar-refractivity contribution in [1.82, 2.24) is 15.1 Å². The third-order valence-corrected chi connectivity index (χ3v) is 3.74. The van der Waals surface area contributed by atoms with E-state index in [1.54, 1.807) is 29.0 Å². The summed E-state index contributed by atoms with van der Waals surface area (Å²) in [7, 11) is 1.80. The molecule has 0 aliphatic carbocycles. The van der Waals surface area contributed by atoms with E-state index in [9.17, 15) is 9.59 Å². The minimum absolute atomic E-state index is 0. The van der Waals surface area contributed by atoms with Crippen LogP contribution in [0.1, 0.15) is 27.2 Å². The van der Waals surface area contributed by atoms with Gasteiger partial charge in [-0.25, -0.2) is 0 Å². The Balaban J connectivity index is 0.00000242. The molecule has 1 aromatic rings. The number of amides is 2. The zero-order valence-corrected chi connectivity index (χ0v) is 14.2. The first-order valence-electron chi connectivity index (χ1n) is 7.06. The van der Waals surface area contributed by atoms with Crippen LogP contribution in [-0.4, -0.2) is 40.2 Å². The van der Waals surface area contributed by atoms with Gasteiger partial charge in [-0.05, 0) is 11.8 Å². The standard InChI is InChI=1S/C14H23N5O2.ClH/c1-14(2,3)11(15)12(20)17-10-5-6-19(13(10)21)9-7-16-18(4)8-9;/h7-8,10-11H,5-6,15H2,1-4H3,(H,17,20);1H/t10?,11-;/m1./s1. The highest BCUT2D eigenvalue weighted by molar-refractivity contribution is 6.01. The third-order valence-electron chi connectivity index (χ3n) is 3.74. The Hall–Kier alpha value is -1.60. The van der Waals surface area contributed by atoms with Gasteiger partial charge in [-0.3, -0.25) is 14.3 Å². The van der Waals surface area contributed by atoms with Crippen molar-refractivity contribution in [3.63, 3.8) is 0 Å². The smallest absolute Gasteiger partial charge is 0.249 e. The summed E-state index contributed by atoms with van der Waals surface area (Å²) in [4.78, 5) is 26.1. The molecule has 2 rings (SSSR count). The molecule has 124 valence electrons. The average Bonchev–Trinajstić information content (AvgIpc) is 2.95. The van der Waals surface area contributed by atoms with Gasteiger partial charge in [-0.2, -0.15) is 5.10 Å². The molecule has 1 fully saturated rings. The lowest BCUT2D eigenvalue weighted by molar-refractivity contribution is -0.128. The lowest BCUT2D eigenvalue weighted by Gasteiger charge is -2.27. The summed E-state index contributed by atoms with van der Waals surface area (Å²) in [6.07, 6.45) is 4.00. The van der Waals surface area contributed by atoms with Crippen molar-refractivity contribution in [2.24, 2.45) is 18.2 Å². The van der Waals surface area contributed by atoms with Crippen molar-refractivity contribution in [2.75, 3.05) is 11.4 Å². The second kappa shape index (κ2) is 6.66. The van der Waals surface area contributed by atoms with E-state index in [2.05, 4.69) is 10.4 Å². The molecule has 3 N–H and O–H groups in total. The highest BCUT2D eigenvalue weighted by Crippen LogP contribution is 2.22. The Kier molecular flexibility index (Phi) is 5.59. The van der Waals surface area contributed by atoms with E-state index in [4.69, 9.17) is 5.73 Å². The quantitative estimate of drug-likeness (QED) is 0.841. The molecule has 22 heavy (non-hydrogen) atoms. The largest absolute Gasteiger partial charge is 0.343 e. The molecule has 0 spiro atoms. The predicted octanol–water partition coefficient (Wildman–Crippen LogP) is 0.437. The van der Waals surface area contributed by atoms with Gasteiger partial charge >= 0.3 is 0 Å². The molecular formula is C14H24ClN5O2. The van der Waals surface area contributed by atoms with Crippen molar-refractivity contribution in [3.8, 4) is 0 Å². The van der Waals surface area contributed by atoms with Crippen molar-refractivity contribution >= 4 is 29.9 Å². The normalized spacial score (nSPS) is 19.8. The van der Waals surface area contributed by atoms with Crippen molar-refractivity contribution < 1.29 is 9.59 Å². The maximum absolute atomic E-state index is 12.4. The lowest BCUT2D eigenvalue weighted by atomic mass is 9.87. The third kappa shape index (κ3) is 3.78. The van der Waals surface area contributed by atoms with E-state index in [0.717, 1.165) is 5.69 Å². The summed E-state index contributed by atoms with van der Waals surface area (Å²) in [5, 5.41) is 6.82. The Morgan fingerprint density at radius 1 is 1.50 bits per heavy atom. The van der Waals surface area contributed by atoms with Crippen LogP contribution >= 0.6 is 12.4 Å². The molecule has 1 aromatic heterocycles. The van der Waals surface area contributed by atoms with Crippen LogP contribution in [0.4, 0.5) is 5.69 Å². The first-order chi connectivity index (χ1) is 9.70. The Labute approximate surface area is 136 Å². The maximum Gasteiger partial charge on any atom is 0.249 e.